The minimum atomic E-state index is 0.469. The Morgan fingerprint density at radius 3 is 2.63 bits per heavy atom. The Labute approximate surface area is 163 Å². The first kappa shape index (κ1) is 18.2. The number of benzene rings is 2. The SMILES string of the molecule is CC(C)c1ccc2cnc(CC(C)c3ccc4c(c3)CNCCC4)cc2c1. The van der Waals surface area contributed by atoms with Crippen LogP contribution < -0.4 is 5.32 Å². The minimum Gasteiger partial charge on any atom is -0.313 e. The van der Waals surface area contributed by atoms with Crippen molar-refractivity contribution in [3.8, 4) is 0 Å². The van der Waals surface area contributed by atoms with Crippen LogP contribution in [0.5, 0.6) is 0 Å². The largest absolute Gasteiger partial charge is 0.313 e. The Bertz CT molecular complexity index is 942. The van der Waals surface area contributed by atoms with Crippen molar-refractivity contribution in [2.45, 2.75) is 58.4 Å². The molecular formula is C25H30N2. The number of fused-ring (bicyclic) bond motifs is 2. The maximum atomic E-state index is 4.74. The Morgan fingerprint density at radius 1 is 0.926 bits per heavy atom. The summed E-state index contributed by atoms with van der Waals surface area (Å²) < 4.78 is 0. The summed E-state index contributed by atoms with van der Waals surface area (Å²) in [6, 6.07) is 16.1. The van der Waals surface area contributed by atoms with Crippen molar-refractivity contribution in [3.05, 3.63) is 76.6 Å². The number of pyridine rings is 1. The first-order valence-corrected chi connectivity index (χ1v) is 10.3. The molecule has 27 heavy (non-hydrogen) atoms. The van der Waals surface area contributed by atoms with Crippen LogP contribution in [0.2, 0.25) is 0 Å². The molecular weight excluding hydrogens is 328 g/mol. The normalized spacial score (nSPS) is 15.6. The predicted octanol–water partition coefficient (Wildman–Crippen LogP) is 5.74. The van der Waals surface area contributed by atoms with Gasteiger partial charge in [-0.05, 0) is 71.3 Å². The number of rotatable bonds is 4. The van der Waals surface area contributed by atoms with E-state index in [0.717, 1.165) is 19.5 Å². The van der Waals surface area contributed by atoms with Crippen LogP contribution in [-0.2, 0) is 19.4 Å². The summed E-state index contributed by atoms with van der Waals surface area (Å²) in [6.07, 6.45) is 5.44. The summed E-state index contributed by atoms with van der Waals surface area (Å²) in [6.45, 7) is 8.94. The fourth-order valence-corrected chi connectivity index (χ4v) is 4.10. The number of nitrogens with one attached hydrogen (secondary N) is 1. The first-order chi connectivity index (χ1) is 13.1. The highest BCUT2D eigenvalue weighted by Gasteiger charge is 2.13. The zero-order chi connectivity index (χ0) is 18.8. The molecule has 1 aliphatic rings. The standard InChI is InChI=1S/C25H30N2/c1-17(2)20-7-9-22-16-27-25(14-23(22)12-20)11-18(3)21-8-6-19-5-4-10-26-15-24(19)13-21/h6-9,12-14,16-18,26H,4-5,10-11,15H2,1-3H3. The lowest BCUT2D eigenvalue weighted by Gasteiger charge is -2.15. The predicted molar refractivity (Wildman–Crippen MR) is 114 cm³/mol. The van der Waals surface area contributed by atoms with E-state index in [2.05, 4.69) is 68.6 Å². The zero-order valence-electron chi connectivity index (χ0n) is 16.8. The van der Waals surface area contributed by atoms with Gasteiger partial charge in [-0.15, -0.1) is 0 Å². The highest BCUT2D eigenvalue weighted by Crippen LogP contribution is 2.26. The van der Waals surface area contributed by atoms with Crippen LogP contribution in [0.3, 0.4) is 0 Å². The molecule has 0 amide bonds. The number of aryl methyl sites for hydroxylation is 1. The average Bonchev–Trinajstić information content (AvgIpc) is 2.92. The van der Waals surface area contributed by atoms with Crippen LogP contribution in [0, 0.1) is 0 Å². The number of aromatic nitrogens is 1. The molecule has 140 valence electrons. The van der Waals surface area contributed by atoms with Crippen LogP contribution in [0.15, 0.2) is 48.7 Å². The molecule has 0 aliphatic carbocycles. The maximum Gasteiger partial charge on any atom is 0.0416 e. The van der Waals surface area contributed by atoms with E-state index in [4.69, 9.17) is 4.98 Å². The van der Waals surface area contributed by atoms with Crippen molar-refractivity contribution in [1.82, 2.24) is 10.3 Å². The van der Waals surface area contributed by atoms with Crippen molar-refractivity contribution in [2.24, 2.45) is 0 Å². The number of hydrogen-bond acceptors (Lipinski definition) is 2. The summed E-state index contributed by atoms with van der Waals surface area (Å²) in [5.41, 5.74) is 7.00. The Kier molecular flexibility index (Phi) is 5.27. The second kappa shape index (κ2) is 7.82. The molecule has 1 aliphatic heterocycles. The third kappa shape index (κ3) is 4.06. The first-order valence-electron chi connectivity index (χ1n) is 10.3. The molecule has 0 fully saturated rings. The van der Waals surface area contributed by atoms with Crippen LogP contribution in [0.4, 0.5) is 0 Å². The Hall–Kier alpha value is -2.19. The quantitative estimate of drug-likeness (QED) is 0.643. The maximum absolute atomic E-state index is 4.74. The molecule has 3 aromatic rings. The third-order valence-electron chi connectivity index (χ3n) is 5.90. The lowest BCUT2D eigenvalue weighted by Crippen LogP contribution is -2.12. The third-order valence-corrected chi connectivity index (χ3v) is 5.90. The fraction of sp³-hybridized carbons (Fsp3) is 0.400. The molecule has 0 radical (unpaired) electrons. The monoisotopic (exact) mass is 358 g/mol. The van der Waals surface area contributed by atoms with E-state index < -0.39 is 0 Å². The van der Waals surface area contributed by atoms with Crippen LogP contribution in [0.1, 0.15) is 67.0 Å². The van der Waals surface area contributed by atoms with Crippen LogP contribution in [-0.4, -0.2) is 11.5 Å². The van der Waals surface area contributed by atoms with Gasteiger partial charge in [0.05, 0.1) is 0 Å². The fourth-order valence-electron chi connectivity index (χ4n) is 4.10. The van der Waals surface area contributed by atoms with E-state index in [9.17, 15) is 0 Å². The van der Waals surface area contributed by atoms with Crippen molar-refractivity contribution in [2.75, 3.05) is 6.54 Å². The summed E-state index contributed by atoms with van der Waals surface area (Å²) >= 11 is 0. The van der Waals surface area contributed by atoms with Gasteiger partial charge in [-0.3, -0.25) is 4.98 Å². The van der Waals surface area contributed by atoms with E-state index in [-0.39, 0.29) is 0 Å². The lowest BCUT2D eigenvalue weighted by molar-refractivity contribution is 0.679. The van der Waals surface area contributed by atoms with Gasteiger partial charge in [0.15, 0.2) is 0 Å². The molecule has 0 saturated carbocycles. The van der Waals surface area contributed by atoms with Crippen molar-refractivity contribution in [3.63, 3.8) is 0 Å². The van der Waals surface area contributed by atoms with Gasteiger partial charge < -0.3 is 5.32 Å². The molecule has 4 rings (SSSR count). The van der Waals surface area contributed by atoms with E-state index in [1.54, 1.807) is 0 Å². The molecule has 0 bridgehead atoms. The highest BCUT2D eigenvalue weighted by molar-refractivity contribution is 5.82. The van der Waals surface area contributed by atoms with E-state index in [1.807, 2.05) is 6.20 Å². The highest BCUT2D eigenvalue weighted by atomic mass is 14.8. The summed E-state index contributed by atoms with van der Waals surface area (Å²) in [7, 11) is 0. The summed E-state index contributed by atoms with van der Waals surface area (Å²) in [4.78, 5) is 4.74. The lowest BCUT2D eigenvalue weighted by atomic mass is 9.91. The molecule has 1 atom stereocenters. The zero-order valence-corrected chi connectivity index (χ0v) is 16.8. The summed E-state index contributed by atoms with van der Waals surface area (Å²) in [5, 5.41) is 6.08. The van der Waals surface area contributed by atoms with Crippen molar-refractivity contribution >= 4 is 10.8 Å². The van der Waals surface area contributed by atoms with Crippen LogP contribution >= 0.6 is 0 Å². The van der Waals surface area contributed by atoms with Gasteiger partial charge >= 0.3 is 0 Å². The molecule has 1 unspecified atom stereocenters. The van der Waals surface area contributed by atoms with E-state index in [0.29, 0.717) is 11.8 Å². The van der Waals surface area contributed by atoms with Crippen molar-refractivity contribution < 1.29 is 0 Å². The van der Waals surface area contributed by atoms with Gasteiger partial charge in [-0.1, -0.05) is 57.2 Å². The van der Waals surface area contributed by atoms with Gasteiger partial charge in [0, 0.05) is 23.8 Å². The van der Waals surface area contributed by atoms with Crippen molar-refractivity contribution in [1.29, 1.82) is 0 Å². The molecule has 0 saturated heterocycles. The molecule has 1 N–H and O–H groups in total. The van der Waals surface area contributed by atoms with Gasteiger partial charge in [-0.25, -0.2) is 0 Å². The summed E-state index contributed by atoms with van der Waals surface area (Å²) in [5.74, 6) is 1.02. The van der Waals surface area contributed by atoms with Gasteiger partial charge in [0.25, 0.3) is 0 Å². The number of nitrogens with zero attached hydrogens (tertiary/aromatic N) is 1. The smallest absolute Gasteiger partial charge is 0.0416 e. The van der Waals surface area contributed by atoms with E-state index in [1.165, 1.54) is 51.6 Å². The molecule has 1 aromatic heterocycles. The second-order valence-electron chi connectivity index (χ2n) is 8.35. The number of hydrogen-bond donors (Lipinski definition) is 1. The van der Waals surface area contributed by atoms with Crippen LogP contribution in [0.25, 0.3) is 10.8 Å². The average molecular weight is 359 g/mol. The molecule has 2 heteroatoms. The molecule has 2 nitrogen and oxygen atoms in total. The molecule has 2 heterocycles. The van der Waals surface area contributed by atoms with Gasteiger partial charge in [0.1, 0.15) is 0 Å². The Morgan fingerprint density at radius 2 is 1.78 bits per heavy atom. The Balaban J connectivity index is 1.57. The topological polar surface area (TPSA) is 24.9 Å². The minimum absolute atomic E-state index is 0.469. The van der Waals surface area contributed by atoms with Gasteiger partial charge in [0.2, 0.25) is 0 Å². The molecule has 2 aromatic carbocycles. The van der Waals surface area contributed by atoms with E-state index >= 15 is 0 Å². The molecule has 0 spiro atoms. The van der Waals surface area contributed by atoms with Gasteiger partial charge in [-0.2, -0.15) is 0 Å². The second-order valence-corrected chi connectivity index (χ2v) is 8.35.